The highest BCUT2D eigenvalue weighted by molar-refractivity contribution is 7.16. The molecule has 11 nitrogen and oxygen atoms in total. The number of nitrogens with zero attached hydrogens (tertiary/aromatic N) is 6. The van der Waals surface area contributed by atoms with Gasteiger partial charge in [-0.3, -0.25) is 9.80 Å². The van der Waals surface area contributed by atoms with Crippen molar-refractivity contribution in [2.24, 2.45) is 0 Å². The summed E-state index contributed by atoms with van der Waals surface area (Å²) in [6, 6.07) is 3.64. The second-order valence-electron chi connectivity index (χ2n) is 13.7. The smallest absolute Gasteiger partial charge is 0.221 e. The lowest BCUT2D eigenvalue weighted by Gasteiger charge is -2.42. The molecule has 12 heteroatoms. The molecule has 0 amide bonds. The molecule has 3 aliphatic heterocycles. The molecule has 0 radical (unpaired) electrons. The summed E-state index contributed by atoms with van der Waals surface area (Å²) < 4.78 is 24.1. The minimum atomic E-state index is -0.0399. The van der Waals surface area contributed by atoms with E-state index in [1.165, 1.54) is 11.3 Å². The highest BCUT2D eigenvalue weighted by Crippen LogP contribution is 2.47. The Hall–Kier alpha value is -3.08. The highest BCUT2D eigenvalue weighted by Gasteiger charge is 2.39. The lowest BCUT2D eigenvalue weighted by Crippen LogP contribution is -2.51. The summed E-state index contributed by atoms with van der Waals surface area (Å²) in [4.78, 5) is 16.5. The number of ether oxygens (including phenoxy) is 3. The summed E-state index contributed by atoms with van der Waals surface area (Å²) >= 11 is 1.54. The average molecular weight is 692 g/mol. The van der Waals surface area contributed by atoms with Crippen LogP contribution in [0.2, 0.25) is 0 Å². The van der Waals surface area contributed by atoms with Crippen LogP contribution in [0.1, 0.15) is 117 Å². The minimum Gasteiger partial charge on any atom is -0.476 e. The van der Waals surface area contributed by atoms with Crippen molar-refractivity contribution in [1.29, 1.82) is 5.26 Å². The first-order valence-electron chi connectivity index (χ1n) is 18.3. The number of fused-ring (bicyclic) bond motifs is 2. The van der Waals surface area contributed by atoms with Gasteiger partial charge in [-0.15, -0.1) is 11.3 Å². The van der Waals surface area contributed by atoms with E-state index in [1.807, 2.05) is 13.8 Å². The van der Waals surface area contributed by atoms with E-state index in [9.17, 15) is 5.26 Å². The van der Waals surface area contributed by atoms with Gasteiger partial charge in [-0.25, -0.2) is 4.98 Å². The quantitative estimate of drug-likeness (QED) is 0.243. The monoisotopic (exact) mass is 691 g/mol. The summed E-state index contributed by atoms with van der Waals surface area (Å²) in [6.07, 6.45) is 7.64. The van der Waals surface area contributed by atoms with Crippen molar-refractivity contribution in [3.05, 3.63) is 38.5 Å². The third-order valence-electron chi connectivity index (χ3n) is 10.9. The molecule has 0 aromatic carbocycles. The molecule has 1 unspecified atom stereocenters. The zero-order chi connectivity index (χ0) is 34.7. The predicted molar refractivity (Wildman–Crippen MR) is 191 cm³/mol. The number of likely N-dealkylation sites (tertiary alicyclic amines) is 1. The van der Waals surface area contributed by atoms with Crippen LogP contribution in [0.5, 0.6) is 5.88 Å². The minimum absolute atomic E-state index is 0.0399. The molecule has 6 heterocycles. The predicted octanol–water partition coefficient (Wildman–Crippen LogP) is 6.29. The number of methoxy groups -OCH3 is 1. The molecule has 0 bridgehead atoms. The maximum absolute atomic E-state index is 10.0. The van der Waals surface area contributed by atoms with Crippen LogP contribution in [0.4, 0.5) is 5.00 Å². The average Bonchev–Trinajstić information content (AvgIpc) is 3.76. The Bertz CT molecular complexity index is 1630. The van der Waals surface area contributed by atoms with Crippen molar-refractivity contribution in [2.75, 3.05) is 52.9 Å². The normalized spacial score (nSPS) is 24.0. The van der Waals surface area contributed by atoms with Crippen LogP contribution < -0.4 is 10.5 Å². The third kappa shape index (κ3) is 6.97. The fraction of sp³-hybridized carbons (Fsp3) is 0.676. The molecule has 266 valence electrons. The van der Waals surface area contributed by atoms with Gasteiger partial charge in [-0.2, -0.15) is 10.2 Å². The molecule has 2 saturated heterocycles. The van der Waals surface area contributed by atoms with Crippen LogP contribution in [0.25, 0.3) is 11.6 Å². The van der Waals surface area contributed by atoms with E-state index in [1.54, 1.807) is 18.4 Å². The third-order valence-corrected chi connectivity index (χ3v) is 12.0. The van der Waals surface area contributed by atoms with Crippen LogP contribution in [0.3, 0.4) is 0 Å². The summed E-state index contributed by atoms with van der Waals surface area (Å²) in [5.74, 6) is 1.89. The molecule has 3 aromatic heterocycles. The topological polar surface area (TPSA) is 136 Å². The SMILES string of the molecule is CC.CCCc1c([C@H]2CCCc3sc(N)c(C#N)c32)noc1-c1nc(OCC2CC[C@H](C)N2C)c2c(n1)[C@@H](CCOC)CN(C1COC1)C2. The largest absolute Gasteiger partial charge is 0.476 e. The second-order valence-corrected chi connectivity index (χ2v) is 14.9. The number of nitrogens with two attached hydrogens (primary N) is 1. The Kier molecular flexibility index (Phi) is 11.6. The molecule has 3 aromatic rings. The zero-order valence-electron chi connectivity index (χ0n) is 30.1. The van der Waals surface area contributed by atoms with Gasteiger partial charge in [0.15, 0.2) is 0 Å². The number of aromatic nitrogens is 3. The van der Waals surface area contributed by atoms with Crippen molar-refractivity contribution in [1.82, 2.24) is 24.9 Å². The van der Waals surface area contributed by atoms with Gasteiger partial charge in [0.25, 0.3) is 0 Å². The molecular weight excluding hydrogens is 639 g/mol. The van der Waals surface area contributed by atoms with E-state index in [-0.39, 0.29) is 11.8 Å². The Labute approximate surface area is 295 Å². The van der Waals surface area contributed by atoms with Crippen molar-refractivity contribution < 1.29 is 18.7 Å². The van der Waals surface area contributed by atoms with Gasteiger partial charge in [0, 0.05) is 61.2 Å². The van der Waals surface area contributed by atoms with E-state index in [0.29, 0.717) is 59.4 Å². The van der Waals surface area contributed by atoms with Crippen molar-refractivity contribution >= 4 is 16.3 Å². The van der Waals surface area contributed by atoms with Crippen LogP contribution in [0.15, 0.2) is 4.52 Å². The number of likely N-dealkylation sites (N-methyl/N-ethyl adjacent to an activating group) is 1. The fourth-order valence-electron chi connectivity index (χ4n) is 7.93. The van der Waals surface area contributed by atoms with Crippen molar-refractivity contribution in [3.63, 3.8) is 0 Å². The van der Waals surface area contributed by atoms with Crippen molar-refractivity contribution in [2.45, 2.75) is 116 Å². The van der Waals surface area contributed by atoms with Crippen molar-refractivity contribution in [3.8, 4) is 23.5 Å². The van der Waals surface area contributed by atoms with Gasteiger partial charge in [-0.05, 0) is 64.5 Å². The zero-order valence-corrected chi connectivity index (χ0v) is 30.9. The maximum Gasteiger partial charge on any atom is 0.221 e. The van der Waals surface area contributed by atoms with Crippen LogP contribution in [-0.2, 0) is 28.9 Å². The number of nitrogen functional groups attached to an aromatic ring is 1. The number of aryl methyl sites for hydroxylation is 1. The fourth-order valence-corrected chi connectivity index (χ4v) is 9.05. The summed E-state index contributed by atoms with van der Waals surface area (Å²) in [7, 11) is 3.94. The Morgan fingerprint density at radius 1 is 1.14 bits per heavy atom. The van der Waals surface area contributed by atoms with Gasteiger partial charge in [0.2, 0.25) is 17.5 Å². The molecule has 7 rings (SSSR count). The lowest BCUT2D eigenvalue weighted by molar-refractivity contribution is -0.0734. The molecule has 4 atom stereocenters. The number of anilines is 1. The summed E-state index contributed by atoms with van der Waals surface area (Å²) in [6.45, 7) is 12.8. The van der Waals surface area contributed by atoms with Gasteiger partial charge in [-0.1, -0.05) is 32.3 Å². The first kappa shape index (κ1) is 35.7. The molecule has 0 saturated carbocycles. The van der Waals surface area contributed by atoms with Gasteiger partial charge in [0.1, 0.15) is 17.7 Å². The van der Waals surface area contributed by atoms with Crippen LogP contribution in [-0.4, -0.2) is 90.2 Å². The number of thiophene rings is 1. The molecule has 1 aliphatic carbocycles. The standard InChI is InChI=1S/C35H47N7O4S.C2H6/c1-5-7-25-31(24-8-6-9-28-29(24)26(14-36)33(37)47-28)40-46-32(25)34-38-30-21(12-13-43-4)15-42(23-17-44-18-23)16-27(30)35(39-34)45-19-22-11-10-20(2)41(22)3;1-2/h20-24H,5-13,15-19,37H2,1-4H3;1-2H3/t20-,21-,22?,24-;/m0./s1. The van der Waals surface area contributed by atoms with E-state index in [0.717, 1.165) is 99.3 Å². The molecule has 0 spiro atoms. The van der Waals surface area contributed by atoms with Gasteiger partial charge in [0.05, 0.1) is 41.8 Å². The number of hydrogen-bond acceptors (Lipinski definition) is 12. The molecule has 49 heavy (non-hydrogen) atoms. The number of rotatable bonds is 11. The maximum atomic E-state index is 10.0. The van der Waals surface area contributed by atoms with E-state index >= 15 is 0 Å². The Balaban J connectivity index is 0.00000205. The Morgan fingerprint density at radius 2 is 1.96 bits per heavy atom. The summed E-state index contributed by atoms with van der Waals surface area (Å²) in [5, 5.41) is 15.3. The molecule has 4 aliphatic rings. The first-order chi connectivity index (χ1) is 23.9. The van der Waals surface area contributed by atoms with E-state index in [2.05, 4.69) is 36.8 Å². The van der Waals surface area contributed by atoms with E-state index in [4.69, 9.17) is 39.6 Å². The lowest BCUT2D eigenvalue weighted by atomic mass is 9.81. The van der Waals surface area contributed by atoms with E-state index < -0.39 is 0 Å². The first-order valence-corrected chi connectivity index (χ1v) is 19.1. The number of hydrogen-bond donors (Lipinski definition) is 1. The van der Waals surface area contributed by atoms with Gasteiger partial charge < -0.3 is 24.5 Å². The van der Waals surface area contributed by atoms with Crippen LogP contribution >= 0.6 is 11.3 Å². The van der Waals surface area contributed by atoms with Gasteiger partial charge >= 0.3 is 0 Å². The second kappa shape index (κ2) is 15.9. The highest BCUT2D eigenvalue weighted by atomic mass is 32.1. The van der Waals surface area contributed by atoms with Crippen LogP contribution in [0, 0.1) is 11.3 Å². The molecule has 2 N–H and O–H groups in total. The molecular formula is C37H53N7O4S. The Morgan fingerprint density at radius 3 is 2.63 bits per heavy atom. The summed E-state index contributed by atoms with van der Waals surface area (Å²) in [5.41, 5.74) is 11.9. The molecule has 2 fully saturated rings. The number of nitriles is 1.